The number of nitrogens with two attached hydrogens (primary N) is 1. The number of hydrogen-bond acceptors (Lipinski definition) is 4. The molecule has 2 fully saturated rings. The predicted molar refractivity (Wildman–Crippen MR) is 63.4 cm³/mol. The van der Waals surface area contributed by atoms with Crippen LogP contribution in [-0.4, -0.2) is 56.0 Å². The zero-order valence-electron chi connectivity index (χ0n) is 10.3. The van der Waals surface area contributed by atoms with Gasteiger partial charge in [0.05, 0.1) is 18.2 Å². The van der Waals surface area contributed by atoms with Crippen molar-refractivity contribution in [3.8, 4) is 0 Å². The molecule has 0 aliphatic carbocycles. The average molecular weight is 228 g/mol. The molecule has 0 aromatic heterocycles. The van der Waals surface area contributed by atoms with E-state index in [4.69, 9.17) is 15.2 Å². The van der Waals surface area contributed by atoms with Crippen LogP contribution in [0.25, 0.3) is 0 Å². The van der Waals surface area contributed by atoms with Crippen molar-refractivity contribution in [3.05, 3.63) is 0 Å². The Balaban J connectivity index is 2.05. The molecule has 2 heterocycles. The Kier molecular flexibility index (Phi) is 4.19. The number of nitrogens with zero attached hydrogens (tertiary/aromatic N) is 1. The third-order valence-corrected chi connectivity index (χ3v) is 3.80. The van der Waals surface area contributed by atoms with E-state index in [1.807, 2.05) is 0 Å². The van der Waals surface area contributed by atoms with Gasteiger partial charge < -0.3 is 15.2 Å². The molecule has 0 aromatic rings. The Bertz CT molecular complexity index is 217. The van der Waals surface area contributed by atoms with E-state index < -0.39 is 0 Å². The lowest BCUT2D eigenvalue weighted by atomic mass is 9.90. The van der Waals surface area contributed by atoms with E-state index in [1.54, 1.807) is 0 Å². The van der Waals surface area contributed by atoms with E-state index in [2.05, 4.69) is 11.8 Å². The van der Waals surface area contributed by atoms with Crippen LogP contribution in [0.5, 0.6) is 0 Å². The van der Waals surface area contributed by atoms with E-state index in [1.165, 1.54) is 0 Å². The third-order valence-electron chi connectivity index (χ3n) is 3.80. The highest BCUT2D eigenvalue weighted by atomic mass is 16.5. The Morgan fingerprint density at radius 2 is 2.25 bits per heavy atom. The summed E-state index contributed by atoms with van der Waals surface area (Å²) in [7, 11) is 0. The van der Waals surface area contributed by atoms with E-state index in [0.29, 0.717) is 12.6 Å². The van der Waals surface area contributed by atoms with Gasteiger partial charge in [-0.1, -0.05) is 0 Å². The fraction of sp³-hybridized carbons (Fsp3) is 1.00. The Labute approximate surface area is 98.1 Å². The molecular formula is C12H24N2O2. The number of hydrogen-bond donors (Lipinski definition) is 1. The van der Waals surface area contributed by atoms with Crippen molar-refractivity contribution in [2.75, 3.05) is 39.5 Å². The molecule has 0 bridgehead atoms. The zero-order chi connectivity index (χ0) is 11.4. The molecule has 0 amide bonds. The number of ether oxygens (including phenoxy) is 2. The first-order valence-electron chi connectivity index (χ1n) is 6.41. The first kappa shape index (κ1) is 12.3. The van der Waals surface area contributed by atoms with Gasteiger partial charge in [0.25, 0.3) is 0 Å². The molecule has 0 spiro atoms. The first-order chi connectivity index (χ1) is 7.77. The average Bonchev–Trinajstić information content (AvgIpc) is 2.55. The maximum Gasteiger partial charge on any atom is 0.0674 e. The minimum Gasteiger partial charge on any atom is -0.379 e. The maximum absolute atomic E-state index is 6.00. The standard InChI is InChI=1S/C12H24N2O2/c1-11-8-14(5-3-7-16-11)12(9-13)4-2-6-15-10-12/h11H,2-10,13H2,1H3. The summed E-state index contributed by atoms with van der Waals surface area (Å²) in [5.41, 5.74) is 6.07. The van der Waals surface area contributed by atoms with Crippen LogP contribution in [0.15, 0.2) is 0 Å². The molecule has 0 radical (unpaired) electrons. The summed E-state index contributed by atoms with van der Waals surface area (Å²) in [5.74, 6) is 0. The maximum atomic E-state index is 6.00. The Hall–Kier alpha value is -0.160. The fourth-order valence-electron chi connectivity index (χ4n) is 2.80. The van der Waals surface area contributed by atoms with Crippen molar-refractivity contribution in [1.29, 1.82) is 0 Å². The largest absolute Gasteiger partial charge is 0.379 e. The summed E-state index contributed by atoms with van der Waals surface area (Å²) in [6, 6.07) is 0. The topological polar surface area (TPSA) is 47.7 Å². The van der Waals surface area contributed by atoms with Crippen LogP contribution in [0.3, 0.4) is 0 Å². The van der Waals surface area contributed by atoms with Crippen LogP contribution < -0.4 is 5.73 Å². The molecule has 4 heteroatoms. The first-order valence-corrected chi connectivity index (χ1v) is 6.41. The van der Waals surface area contributed by atoms with Crippen LogP contribution in [0, 0.1) is 0 Å². The highest BCUT2D eigenvalue weighted by Crippen LogP contribution is 2.27. The van der Waals surface area contributed by atoms with Gasteiger partial charge >= 0.3 is 0 Å². The normalized spacial score (nSPS) is 38.2. The van der Waals surface area contributed by atoms with Gasteiger partial charge in [0.2, 0.25) is 0 Å². The highest BCUT2D eigenvalue weighted by Gasteiger charge is 2.38. The Morgan fingerprint density at radius 3 is 2.94 bits per heavy atom. The lowest BCUT2D eigenvalue weighted by molar-refractivity contribution is -0.0521. The quantitative estimate of drug-likeness (QED) is 0.752. The van der Waals surface area contributed by atoms with Crippen molar-refractivity contribution in [3.63, 3.8) is 0 Å². The molecule has 2 aliphatic rings. The van der Waals surface area contributed by atoms with E-state index in [9.17, 15) is 0 Å². The van der Waals surface area contributed by atoms with E-state index in [-0.39, 0.29) is 5.54 Å². The molecule has 0 saturated carbocycles. The lowest BCUT2D eigenvalue weighted by Crippen LogP contribution is -2.60. The van der Waals surface area contributed by atoms with Crippen molar-refractivity contribution in [2.45, 2.75) is 37.8 Å². The molecule has 4 nitrogen and oxygen atoms in total. The van der Waals surface area contributed by atoms with Crippen LogP contribution >= 0.6 is 0 Å². The molecule has 94 valence electrons. The minimum atomic E-state index is 0.0697. The summed E-state index contributed by atoms with van der Waals surface area (Å²) < 4.78 is 11.3. The molecule has 2 unspecified atom stereocenters. The summed E-state index contributed by atoms with van der Waals surface area (Å²) >= 11 is 0. The molecule has 2 atom stereocenters. The van der Waals surface area contributed by atoms with Gasteiger partial charge in [-0.25, -0.2) is 0 Å². The zero-order valence-corrected chi connectivity index (χ0v) is 10.3. The monoisotopic (exact) mass is 228 g/mol. The van der Waals surface area contributed by atoms with Crippen molar-refractivity contribution in [2.24, 2.45) is 5.73 Å². The van der Waals surface area contributed by atoms with Gasteiger partial charge in [-0.05, 0) is 26.2 Å². The van der Waals surface area contributed by atoms with Crippen LogP contribution in [0.1, 0.15) is 26.2 Å². The molecule has 2 aliphatic heterocycles. The van der Waals surface area contributed by atoms with Gasteiger partial charge in [-0.3, -0.25) is 4.90 Å². The fourth-order valence-corrected chi connectivity index (χ4v) is 2.80. The van der Waals surface area contributed by atoms with E-state index in [0.717, 1.165) is 52.2 Å². The van der Waals surface area contributed by atoms with Crippen LogP contribution in [0.4, 0.5) is 0 Å². The molecule has 16 heavy (non-hydrogen) atoms. The van der Waals surface area contributed by atoms with Gasteiger partial charge in [0, 0.05) is 32.8 Å². The van der Waals surface area contributed by atoms with Gasteiger partial charge in [0.15, 0.2) is 0 Å². The second-order valence-corrected chi connectivity index (χ2v) is 5.07. The molecule has 2 N–H and O–H groups in total. The van der Waals surface area contributed by atoms with Gasteiger partial charge in [-0.2, -0.15) is 0 Å². The molecular weight excluding hydrogens is 204 g/mol. The van der Waals surface area contributed by atoms with Crippen molar-refractivity contribution >= 4 is 0 Å². The molecule has 2 rings (SSSR count). The molecule has 0 aromatic carbocycles. The lowest BCUT2D eigenvalue weighted by Gasteiger charge is -2.45. The van der Waals surface area contributed by atoms with E-state index >= 15 is 0 Å². The van der Waals surface area contributed by atoms with Crippen LogP contribution in [0.2, 0.25) is 0 Å². The molecule has 2 saturated heterocycles. The van der Waals surface area contributed by atoms with Crippen molar-refractivity contribution in [1.82, 2.24) is 4.90 Å². The second kappa shape index (κ2) is 5.45. The highest BCUT2D eigenvalue weighted by molar-refractivity contribution is 4.94. The van der Waals surface area contributed by atoms with Crippen LogP contribution in [-0.2, 0) is 9.47 Å². The number of rotatable bonds is 2. The summed E-state index contributed by atoms with van der Waals surface area (Å²) in [6.45, 7) is 7.47. The second-order valence-electron chi connectivity index (χ2n) is 5.07. The summed E-state index contributed by atoms with van der Waals surface area (Å²) in [4.78, 5) is 2.50. The smallest absolute Gasteiger partial charge is 0.0674 e. The summed E-state index contributed by atoms with van der Waals surface area (Å²) in [5, 5.41) is 0. The summed E-state index contributed by atoms with van der Waals surface area (Å²) in [6.07, 6.45) is 3.71. The minimum absolute atomic E-state index is 0.0697. The third kappa shape index (κ3) is 2.56. The van der Waals surface area contributed by atoms with Gasteiger partial charge in [0.1, 0.15) is 0 Å². The van der Waals surface area contributed by atoms with Gasteiger partial charge in [-0.15, -0.1) is 0 Å². The Morgan fingerprint density at radius 1 is 1.38 bits per heavy atom. The van der Waals surface area contributed by atoms with Crippen molar-refractivity contribution < 1.29 is 9.47 Å². The predicted octanol–water partition coefficient (Wildman–Crippen LogP) is 0.605. The SMILES string of the molecule is CC1CN(C2(CN)CCCOC2)CCCO1.